The van der Waals surface area contributed by atoms with Crippen molar-refractivity contribution >= 4 is 41.0 Å². The van der Waals surface area contributed by atoms with Crippen LogP contribution in [-0.2, 0) is 25.5 Å². The fraction of sp³-hybridized carbons (Fsp3) is 0.455. The van der Waals surface area contributed by atoms with E-state index in [1.807, 2.05) is 13.8 Å². The van der Waals surface area contributed by atoms with Gasteiger partial charge in [-0.2, -0.15) is 5.10 Å². The summed E-state index contributed by atoms with van der Waals surface area (Å²) in [6, 6.07) is 5.19. The average molecular weight is 481 g/mol. The largest absolute Gasteiger partial charge is 0.452 e. The predicted octanol–water partition coefficient (Wildman–Crippen LogP) is 2.96. The number of nitrogens with zero attached hydrogens (tertiary/aromatic N) is 4. The lowest BCUT2D eigenvalue weighted by Crippen LogP contribution is -2.52. The molecular formula is C22H26Cl2N4O4. The van der Waals surface area contributed by atoms with E-state index >= 15 is 0 Å². The fourth-order valence-electron chi connectivity index (χ4n) is 3.73. The zero-order valence-electron chi connectivity index (χ0n) is 18.5. The highest BCUT2D eigenvalue weighted by Gasteiger charge is 2.28. The standard InChI is InChI=1S/C22H26Cl2N4O4/c1-13-18(14(2)28(25-13)17-5-6-19(23)20(24)11-17)12-21(30)32-15(3)22(31)27-9-7-26(8-10-27)16(4)29/h5-6,11,15H,7-10,12H2,1-4H3. The second-order valence-electron chi connectivity index (χ2n) is 7.80. The zero-order valence-corrected chi connectivity index (χ0v) is 20.0. The van der Waals surface area contributed by atoms with Gasteiger partial charge in [0.25, 0.3) is 5.91 Å². The first-order valence-corrected chi connectivity index (χ1v) is 11.1. The van der Waals surface area contributed by atoms with Crippen LogP contribution in [0.15, 0.2) is 18.2 Å². The Balaban J connectivity index is 1.63. The van der Waals surface area contributed by atoms with E-state index in [9.17, 15) is 14.4 Å². The molecule has 1 aliphatic heterocycles. The van der Waals surface area contributed by atoms with E-state index in [0.717, 1.165) is 16.9 Å². The van der Waals surface area contributed by atoms with Gasteiger partial charge in [0.2, 0.25) is 5.91 Å². The van der Waals surface area contributed by atoms with E-state index in [4.69, 9.17) is 27.9 Å². The van der Waals surface area contributed by atoms with Crippen LogP contribution < -0.4 is 0 Å². The number of ether oxygens (including phenoxy) is 1. The molecule has 2 amide bonds. The van der Waals surface area contributed by atoms with Gasteiger partial charge < -0.3 is 14.5 Å². The van der Waals surface area contributed by atoms with E-state index in [0.29, 0.717) is 41.9 Å². The molecule has 1 aromatic carbocycles. The maximum atomic E-state index is 12.7. The van der Waals surface area contributed by atoms with Crippen LogP contribution in [0.25, 0.3) is 5.69 Å². The normalized spacial score (nSPS) is 14.9. The molecule has 172 valence electrons. The number of hydrogen-bond acceptors (Lipinski definition) is 5. The maximum absolute atomic E-state index is 12.7. The molecule has 0 saturated carbocycles. The molecule has 1 atom stereocenters. The summed E-state index contributed by atoms with van der Waals surface area (Å²) in [5.74, 6) is -0.779. The molecule has 0 radical (unpaired) electrons. The van der Waals surface area contributed by atoms with Crippen LogP contribution in [-0.4, -0.2) is 69.6 Å². The van der Waals surface area contributed by atoms with Crippen LogP contribution in [0.1, 0.15) is 30.8 Å². The van der Waals surface area contributed by atoms with Crippen molar-refractivity contribution in [2.75, 3.05) is 26.2 Å². The predicted molar refractivity (Wildman–Crippen MR) is 121 cm³/mol. The van der Waals surface area contributed by atoms with Crippen molar-refractivity contribution in [2.45, 2.75) is 40.2 Å². The Morgan fingerprint density at radius 3 is 2.28 bits per heavy atom. The second-order valence-corrected chi connectivity index (χ2v) is 8.61. The van der Waals surface area contributed by atoms with Crippen molar-refractivity contribution in [2.24, 2.45) is 0 Å². The summed E-state index contributed by atoms with van der Waals surface area (Å²) in [4.78, 5) is 40.0. The van der Waals surface area contributed by atoms with Gasteiger partial charge in [-0.05, 0) is 39.0 Å². The van der Waals surface area contributed by atoms with Gasteiger partial charge in [0.05, 0.1) is 27.8 Å². The Labute approximate surface area is 197 Å². The summed E-state index contributed by atoms with van der Waals surface area (Å²) in [5.41, 5.74) is 2.92. The van der Waals surface area contributed by atoms with Gasteiger partial charge in [0.1, 0.15) is 0 Å². The Bertz CT molecular complexity index is 1040. The van der Waals surface area contributed by atoms with E-state index < -0.39 is 12.1 Å². The molecule has 0 bridgehead atoms. The SMILES string of the molecule is CC(=O)N1CCN(C(=O)C(C)OC(=O)Cc2c(C)nn(-c3ccc(Cl)c(Cl)c3)c2C)CC1. The number of halogens is 2. The first-order chi connectivity index (χ1) is 15.1. The molecule has 0 spiro atoms. The van der Waals surface area contributed by atoms with Crippen molar-refractivity contribution in [1.82, 2.24) is 19.6 Å². The number of carbonyl (C=O) groups excluding carboxylic acids is 3. The van der Waals surface area contributed by atoms with Gasteiger partial charge in [-0.3, -0.25) is 14.4 Å². The molecule has 3 rings (SSSR count). The molecule has 32 heavy (non-hydrogen) atoms. The first kappa shape index (κ1) is 24.1. The summed E-state index contributed by atoms with van der Waals surface area (Å²) in [5, 5.41) is 5.37. The fourth-order valence-corrected chi connectivity index (χ4v) is 4.02. The number of hydrogen-bond donors (Lipinski definition) is 0. The molecule has 1 fully saturated rings. The van der Waals surface area contributed by atoms with Crippen LogP contribution in [0.3, 0.4) is 0 Å². The zero-order chi connectivity index (χ0) is 23.6. The van der Waals surface area contributed by atoms with Crippen LogP contribution in [0.5, 0.6) is 0 Å². The third kappa shape index (κ3) is 5.24. The Morgan fingerprint density at radius 2 is 1.69 bits per heavy atom. The topological polar surface area (TPSA) is 84.7 Å². The third-order valence-electron chi connectivity index (χ3n) is 5.60. The van der Waals surface area contributed by atoms with Crippen molar-refractivity contribution in [3.05, 3.63) is 45.2 Å². The molecule has 1 unspecified atom stereocenters. The molecule has 0 N–H and O–H groups in total. The lowest BCUT2D eigenvalue weighted by Gasteiger charge is -2.35. The van der Waals surface area contributed by atoms with E-state index in [-0.39, 0.29) is 18.2 Å². The van der Waals surface area contributed by atoms with E-state index in [1.165, 1.54) is 6.92 Å². The summed E-state index contributed by atoms with van der Waals surface area (Å²) < 4.78 is 7.11. The molecule has 2 heterocycles. The van der Waals surface area contributed by atoms with Gasteiger partial charge in [-0.25, -0.2) is 4.68 Å². The summed E-state index contributed by atoms with van der Waals surface area (Å²) in [6.45, 7) is 8.55. The van der Waals surface area contributed by atoms with E-state index in [2.05, 4.69) is 5.10 Å². The van der Waals surface area contributed by atoms with Crippen molar-refractivity contribution < 1.29 is 19.1 Å². The minimum Gasteiger partial charge on any atom is -0.452 e. The molecule has 1 aliphatic rings. The molecule has 0 aliphatic carbocycles. The lowest BCUT2D eigenvalue weighted by molar-refractivity contribution is -0.159. The number of esters is 1. The monoisotopic (exact) mass is 480 g/mol. The van der Waals surface area contributed by atoms with E-state index in [1.54, 1.807) is 39.6 Å². The van der Waals surface area contributed by atoms with Gasteiger partial charge >= 0.3 is 5.97 Å². The number of benzene rings is 1. The van der Waals surface area contributed by atoms with Gasteiger partial charge in [-0.15, -0.1) is 0 Å². The molecule has 1 saturated heterocycles. The number of aryl methyl sites for hydroxylation is 1. The Morgan fingerprint density at radius 1 is 1.06 bits per heavy atom. The quantitative estimate of drug-likeness (QED) is 0.614. The molecule has 8 nitrogen and oxygen atoms in total. The first-order valence-electron chi connectivity index (χ1n) is 10.3. The van der Waals surface area contributed by atoms with Crippen LogP contribution >= 0.6 is 23.2 Å². The number of piperazine rings is 1. The molecule has 10 heteroatoms. The number of aromatic nitrogens is 2. The highest BCUT2D eigenvalue weighted by molar-refractivity contribution is 6.42. The van der Waals surface area contributed by atoms with Crippen LogP contribution in [0.4, 0.5) is 0 Å². The third-order valence-corrected chi connectivity index (χ3v) is 6.34. The second kappa shape index (κ2) is 9.92. The maximum Gasteiger partial charge on any atom is 0.311 e. The Hall–Kier alpha value is -2.58. The highest BCUT2D eigenvalue weighted by Crippen LogP contribution is 2.26. The van der Waals surface area contributed by atoms with Crippen LogP contribution in [0, 0.1) is 13.8 Å². The number of rotatable bonds is 5. The lowest BCUT2D eigenvalue weighted by atomic mass is 10.1. The van der Waals surface area contributed by atoms with Gasteiger partial charge in [0.15, 0.2) is 6.10 Å². The van der Waals surface area contributed by atoms with Gasteiger partial charge in [0, 0.05) is 44.4 Å². The van der Waals surface area contributed by atoms with Gasteiger partial charge in [-0.1, -0.05) is 23.2 Å². The summed E-state index contributed by atoms with van der Waals surface area (Å²) >= 11 is 12.1. The minimum atomic E-state index is -0.905. The van der Waals surface area contributed by atoms with Crippen molar-refractivity contribution in [3.8, 4) is 5.69 Å². The smallest absolute Gasteiger partial charge is 0.311 e. The summed E-state index contributed by atoms with van der Waals surface area (Å²) in [7, 11) is 0. The van der Waals surface area contributed by atoms with Crippen molar-refractivity contribution in [3.63, 3.8) is 0 Å². The average Bonchev–Trinajstić information content (AvgIpc) is 3.03. The highest BCUT2D eigenvalue weighted by atomic mass is 35.5. The molecular weight excluding hydrogens is 455 g/mol. The Kier molecular flexibility index (Phi) is 7.46. The molecule has 1 aromatic heterocycles. The summed E-state index contributed by atoms with van der Waals surface area (Å²) in [6.07, 6.45) is -0.911. The number of carbonyl (C=O) groups is 3. The minimum absolute atomic E-state index is 0.00524. The van der Waals surface area contributed by atoms with Crippen LogP contribution in [0.2, 0.25) is 10.0 Å². The number of amides is 2. The van der Waals surface area contributed by atoms with Crippen molar-refractivity contribution in [1.29, 1.82) is 0 Å². The molecule has 2 aromatic rings.